The largest absolute Gasteiger partial charge is 0.369 e. The van der Waals surface area contributed by atoms with E-state index in [1.807, 2.05) is 17.9 Å². The summed E-state index contributed by atoms with van der Waals surface area (Å²) < 4.78 is 42.5. The van der Waals surface area contributed by atoms with E-state index in [1.54, 1.807) is 29.1 Å². The lowest BCUT2D eigenvalue weighted by molar-refractivity contribution is 0.284. The second-order valence-corrected chi connectivity index (χ2v) is 7.37. The Balaban J connectivity index is 1.34. The topological polar surface area (TPSA) is 24.3 Å². The molecule has 0 amide bonds. The van der Waals surface area contributed by atoms with Crippen molar-refractivity contribution in [1.29, 1.82) is 0 Å². The van der Waals surface area contributed by atoms with E-state index in [9.17, 15) is 13.2 Å². The van der Waals surface area contributed by atoms with Gasteiger partial charge in [0.05, 0.1) is 6.20 Å². The Morgan fingerprint density at radius 3 is 2.37 bits per heavy atom. The summed E-state index contributed by atoms with van der Waals surface area (Å²) in [4.78, 5) is 4.27. The highest BCUT2D eigenvalue weighted by atomic mass is 19.1. The van der Waals surface area contributed by atoms with Crippen molar-refractivity contribution in [3.05, 3.63) is 83.4 Å². The van der Waals surface area contributed by atoms with Crippen LogP contribution in [0.15, 0.2) is 54.7 Å². The maximum Gasteiger partial charge on any atom is 0.148 e. The van der Waals surface area contributed by atoms with E-state index in [4.69, 9.17) is 0 Å². The van der Waals surface area contributed by atoms with Crippen molar-refractivity contribution in [3.63, 3.8) is 0 Å². The lowest BCUT2D eigenvalue weighted by Gasteiger charge is -2.35. The highest BCUT2D eigenvalue weighted by molar-refractivity contribution is 5.53. The van der Waals surface area contributed by atoms with Crippen molar-refractivity contribution in [2.75, 3.05) is 37.6 Å². The quantitative estimate of drug-likeness (QED) is 0.620. The van der Waals surface area contributed by atoms with Crippen molar-refractivity contribution in [3.8, 4) is 5.69 Å². The van der Waals surface area contributed by atoms with Gasteiger partial charge >= 0.3 is 0 Å². The van der Waals surface area contributed by atoms with Crippen LogP contribution in [0, 0.1) is 24.4 Å². The molecule has 0 aliphatic carbocycles. The zero-order valence-corrected chi connectivity index (χ0v) is 16.7. The standard InChI is InChI=1S/C23H23F3N4/c1-17-18(16-27-30(17)23-7-3-2-6-22(23)26)5-4-8-28-9-11-29(12-10-28)21-14-19(24)13-20(25)15-21/h2-7,13-16H,8-12H2,1H3. The van der Waals surface area contributed by atoms with Gasteiger partial charge in [0, 0.05) is 55.7 Å². The SMILES string of the molecule is Cc1c(C=CCN2CCN(c3cc(F)cc(F)c3)CC2)cnn1-c1ccccc1F. The molecule has 0 saturated carbocycles. The summed E-state index contributed by atoms with van der Waals surface area (Å²) in [5.41, 5.74) is 2.82. The van der Waals surface area contributed by atoms with Crippen LogP contribution in [-0.2, 0) is 0 Å². The van der Waals surface area contributed by atoms with Crippen LogP contribution in [-0.4, -0.2) is 47.4 Å². The summed E-state index contributed by atoms with van der Waals surface area (Å²) in [7, 11) is 0. The lowest BCUT2D eigenvalue weighted by atomic mass is 10.2. The third-order valence-corrected chi connectivity index (χ3v) is 5.37. The molecule has 1 fully saturated rings. The third kappa shape index (κ3) is 4.41. The van der Waals surface area contributed by atoms with Crippen LogP contribution < -0.4 is 4.90 Å². The molecule has 4 rings (SSSR count). The predicted molar refractivity (Wildman–Crippen MR) is 112 cm³/mol. The average molecular weight is 412 g/mol. The fourth-order valence-corrected chi connectivity index (χ4v) is 3.69. The van der Waals surface area contributed by atoms with Gasteiger partial charge in [0.2, 0.25) is 0 Å². The highest BCUT2D eigenvalue weighted by Crippen LogP contribution is 2.20. The first-order valence-corrected chi connectivity index (χ1v) is 9.91. The number of para-hydroxylation sites is 1. The summed E-state index contributed by atoms with van der Waals surface area (Å²) in [6.07, 6.45) is 5.79. The number of aromatic nitrogens is 2. The lowest BCUT2D eigenvalue weighted by Crippen LogP contribution is -2.46. The van der Waals surface area contributed by atoms with Crippen molar-refractivity contribution < 1.29 is 13.2 Å². The van der Waals surface area contributed by atoms with Crippen LogP contribution in [0.25, 0.3) is 11.8 Å². The van der Waals surface area contributed by atoms with Gasteiger partial charge in [-0.1, -0.05) is 24.3 Å². The minimum absolute atomic E-state index is 0.310. The maximum absolute atomic E-state index is 14.0. The van der Waals surface area contributed by atoms with Crippen LogP contribution in [0.5, 0.6) is 0 Å². The number of rotatable bonds is 5. The first-order chi connectivity index (χ1) is 14.5. The van der Waals surface area contributed by atoms with Gasteiger partial charge in [-0.05, 0) is 31.2 Å². The smallest absolute Gasteiger partial charge is 0.148 e. The second kappa shape index (κ2) is 8.75. The van der Waals surface area contributed by atoms with Crippen LogP contribution in [0.4, 0.5) is 18.9 Å². The van der Waals surface area contributed by atoms with Gasteiger partial charge in [0.25, 0.3) is 0 Å². The van der Waals surface area contributed by atoms with E-state index in [2.05, 4.69) is 16.1 Å². The highest BCUT2D eigenvalue weighted by Gasteiger charge is 2.17. The maximum atomic E-state index is 14.0. The minimum atomic E-state index is -0.554. The molecule has 0 unspecified atom stereocenters. The molecule has 2 aromatic carbocycles. The van der Waals surface area contributed by atoms with E-state index < -0.39 is 11.6 Å². The molecule has 1 aliphatic rings. The number of halogens is 3. The molecule has 30 heavy (non-hydrogen) atoms. The van der Waals surface area contributed by atoms with Crippen LogP contribution in [0.2, 0.25) is 0 Å². The van der Waals surface area contributed by atoms with Gasteiger partial charge in [-0.2, -0.15) is 5.10 Å². The monoisotopic (exact) mass is 412 g/mol. The average Bonchev–Trinajstić information content (AvgIpc) is 3.08. The normalized spacial score (nSPS) is 15.3. The van der Waals surface area contributed by atoms with E-state index in [1.165, 1.54) is 18.2 Å². The van der Waals surface area contributed by atoms with Gasteiger partial charge in [0.15, 0.2) is 0 Å². The molecule has 2 heterocycles. The number of nitrogens with zero attached hydrogens (tertiary/aromatic N) is 4. The Labute approximate surface area is 173 Å². The summed E-state index contributed by atoms with van der Waals surface area (Å²) in [5.74, 6) is -1.42. The molecule has 1 saturated heterocycles. The number of benzene rings is 2. The number of anilines is 1. The minimum Gasteiger partial charge on any atom is -0.369 e. The van der Waals surface area contributed by atoms with Crippen molar-refractivity contribution in [2.45, 2.75) is 6.92 Å². The molecule has 0 atom stereocenters. The van der Waals surface area contributed by atoms with Gasteiger partial charge in [-0.15, -0.1) is 0 Å². The van der Waals surface area contributed by atoms with Crippen molar-refractivity contribution >= 4 is 11.8 Å². The summed E-state index contributed by atoms with van der Waals surface area (Å²) in [6.45, 7) is 5.69. The zero-order chi connectivity index (χ0) is 21.1. The van der Waals surface area contributed by atoms with Crippen molar-refractivity contribution in [1.82, 2.24) is 14.7 Å². The Hall–Kier alpha value is -3.06. The molecular weight excluding hydrogens is 389 g/mol. The van der Waals surface area contributed by atoms with Crippen LogP contribution >= 0.6 is 0 Å². The molecule has 0 bridgehead atoms. The molecular formula is C23H23F3N4. The molecule has 156 valence electrons. The molecule has 4 nitrogen and oxygen atoms in total. The molecule has 3 aromatic rings. The van der Waals surface area contributed by atoms with E-state index in [0.717, 1.165) is 37.0 Å². The number of piperazine rings is 1. The Morgan fingerprint density at radius 2 is 1.67 bits per heavy atom. The zero-order valence-electron chi connectivity index (χ0n) is 16.7. The fraction of sp³-hybridized carbons (Fsp3) is 0.261. The summed E-state index contributed by atoms with van der Waals surface area (Å²) in [6, 6.07) is 10.2. The van der Waals surface area contributed by atoms with E-state index in [0.29, 0.717) is 24.5 Å². The van der Waals surface area contributed by atoms with Gasteiger partial charge in [-0.3, -0.25) is 4.90 Å². The molecule has 0 radical (unpaired) electrons. The number of hydrogen-bond donors (Lipinski definition) is 0. The van der Waals surface area contributed by atoms with Gasteiger partial charge < -0.3 is 4.90 Å². The third-order valence-electron chi connectivity index (χ3n) is 5.37. The van der Waals surface area contributed by atoms with E-state index >= 15 is 0 Å². The molecule has 1 aromatic heterocycles. The van der Waals surface area contributed by atoms with Crippen LogP contribution in [0.1, 0.15) is 11.3 Å². The fourth-order valence-electron chi connectivity index (χ4n) is 3.69. The molecule has 0 spiro atoms. The first kappa shape index (κ1) is 20.2. The Morgan fingerprint density at radius 1 is 0.967 bits per heavy atom. The van der Waals surface area contributed by atoms with Gasteiger partial charge in [-0.25, -0.2) is 17.9 Å². The predicted octanol–water partition coefficient (Wildman–Crippen LogP) is 4.43. The Bertz CT molecular complexity index is 1030. The molecule has 1 aliphatic heterocycles. The molecule has 7 heteroatoms. The van der Waals surface area contributed by atoms with Gasteiger partial charge in [0.1, 0.15) is 23.1 Å². The Kier molecular flexibility index (Phi) is 5.90. The van der Waals surface area contributed by atoms with Crippen LogP contribution in [0.3, 0.4) is 0 Å². The number of hydrogen-bond acceptors (Lipinski definition) is 3. The van der Waals surface area contributed by atoms with Crippen molar-refractivity contribution in [2.24, 2.45) is 0 Å². The second-order valence-electron chi connectivity index (χ2n) is 7.37. The molecule has 0 N–H and O–H groups in total. The summed E-state index contributed by atoms with van der Waals surface area (Å²) in [5, 5.41) is 4.31. The summed E-state index contributed by atoms with van der Waals surface area (Å²) >= 11 is 0. The first-order valence-electron chi connectivity index (χ1n) is 9.91. The van der Waals surface area contributed by atoms with E-state index in [-0.39, 0.29) is 5.82 Å².